The second-order valence-electron chi connectivity index (χ2n) is 5.79. The molecule has 2 aromatic rings. The van der Waals surface area contributed by atoms with Crippen LogP contribution in [0, 0.1) is 6.92 Å². The van der Waals surface area contributed by atoms with Gasteiger partial charge in [-0.25, -0.2) is 0 Å². The number of carbonyl (C=O) groups is 1. The van der Waals surface area contributed by atoms with Crippen molar-refractivity contribution in [1.29, 1.82) is 0 Å². The number of methoxy groups -OCH3 is 3. The van der Waals surface area contributed by atoms with Crippen LogP contribution in [-0.2, 0) is 17.4 Å². The standard InChI is InChI=1S/C19H20F3NO4/c1-11-5-6-13(10-14(11)19(20,21)22)23-17(24)9-12-7-15(25-2)18(27-4)16(8-12)26-3/h5-8,10H,9H2,1-4H3,(H,23,24). The summed E-state index contributed by atoms with van der Waals surface area (Å²) in [5.41, 5.74) is -0.0614. The third-order valence-corrected chi connectivity index (χ3v) is 3.92. The number of amides is 1. The first kappa shape index (κ1) is 20.4. The van der Waals surface area contributed by atoms with Crippen molar-refractivity contribution in [2.75, 3.05) is 26.6 Å². The van der Waals surface area contributed by atoms with Gasteiger partial charge in [-0.2, -0.15) is 13.2 Å². The van der Waals surface area contributed by atoms with Crippen LogP contribution in [0.3, 0.4) is 0 Å². The number of anilines is 1. The van der Waals surface area contributed by atoms with Crippen molar-refractivity contribution in [1.82, 2.24) is 0 Å². The first-order valence-electron chi connectivity index (χ1n) is 7.96. The molecule has 0 saturated heterocycles. The van der Waals surface area contributed by atoms with Crippen LogP contribution < -0.4 is 19.5 Å². The number of alkyl halides is 3. The van der Waals surface area contributed by atoms with Crippen molar-refractivity contribution in [3.63, 3.8) is 0 Å². The Morgan fingerprint density at radius 1 is 1.00 bits per heavy atom. The zero-order chi connectivity index (χ0) is 20.2. The SMILES string of the molecule is COc1cc(CC(=O)Nc2ccc(C)c(C(F)(F)F)c2)cc(OC)c1OC. The molecule has 0 radical (unpaired) electrons. The lowest BCUT2D eigenvalue weighted by atomic mass is 10.1. The maximum absolute atomic E-state index is 13.0. The molecule has 2 aromatic carbocycles. The molecule has 1 N–H and O–H groups in total. The number of hydrogen-bond donors (Lipinski definition) is 1. The van der Waals surface area contributed by atoms with Crippen molar-refractivity contribution in [2.24, 2.45) is 0 Å². The minimum atomic E-state index is -4.48. The summed E-state index contributed by atoms with van der Waals surface area (Å²) in [4.78, 5) is 12.3. The van der Waals surface area contributed by atoms with E-state index in [4.69, 9.17) is 14.2 Å². The largest absolute Gasteiger partial charge is 0.493 e. The van der Waals surface area contributed by atoms with E-state index in [9.17, 15) is 18.0 Å². The van der Waals surface area contributed by atoms with E-state index in [1.165, 1.54) is 40.4 Å². The molecule has 0 aliphatic carbocycles. The van der Waals surface area contributed by atoms with Gasteiger partial charge >= 0.3 is 6.18 Å². The van der Waals surface area contributed by atoms with E-state index in [0.29, 0.717) is 22.8 Å². The van der Waals surface area contributed by atoms with Gasteiger partial charge in [0.2, 0.25) is 11.7 Å². The molecule has 0 heterocycles. The van der Waals surface area contributed by atoms with Gasteiger partial charge in [0.25, 0.3) is 0 Å². The lowest BCUT2D eigenvalue weighted by molar-refractivity contribution is -0.138. The van der Waals surface area contributed by atoms with Crippen LogP contribution in [0.15, 0.2) is 30.3 Å². The molecule has 27 heavy (non-hydrogen) atoms. The lowest BCUT2D eigenvalue weighted by Crippen LogP contribution is -2.16. The van der Waals surface area contributed by atoms with Crippen LogP contribution in [-0.4, -0.2) is 27.2 Å². The highest BCUT2D eigenvalue weighted by Gasteiger charge is 2.32. The van der Waals surface area contributed by atoms with Crippen LogP contribution in [0.5, 0.6) is 17.2 Å². The van der Waals surface area contributed by atoms with Gasteiger partial charge in [0, 0.05) is 5.69 Å². The number of halogens is 3. The maximum Gasteiger partial charge on any atom is 0.416 e. The van der Waals surface area contributed by atoms with Gasteiger partial charge in [-0.05, 0) is 42.3 Å². The van der Waals surface area contributed by atoms with Crippen LogP contribution >= 0.6 is 0 Å². The normalized spacial score (nSPS) is 11.1. The summed E-state index contributed by atoms with van der Waals surface area (Å²) in [7, 11) is 4.36. The maximum atomic E-state index is 13.0. The molecule has 0 spiro atoms. The van der Waals surface area contributed by atoms with Gasteiger partial charge < -0.3 is 19.5 Å². The Labute approximate surface area is 155 Å². The molecule has 0 bridgehead atoms. The summed E-state index contributed by atoms with van der Waals surface area (Å²) >= 11 is 0. The molecule has 0 aromatic heterocycles. The number of carbonyl (C=O) groups excluding carboxylic acids is 1. The Morgan fingerprint density at radius 2 is 1.59 bits per heavy atom. The second-order valence-corrected chi connectivity index (χ2v) is 5.79. The highest BCUT2D eigenvalue weighted by atomic mass is 19.4. The molecule has 0 aliphatic rings. The second kappa shape index (κ2) is 8.20. The Morgan fingerprint density at radius 3 is 2.07 bits per heavy atom. The van der Waals surface area contributed by atoms with E-state index in [1.807, 2.05) is 0 Å². The van der Waals surface area contributed by atoms with Crippen LogP contribution in [0.1, 0.15) is 16.7 Å². The molecule has 2 rings (SSSR count). The fourth-order valence-corrected chi connectivity index (χ4v) is 2.63. The quantitative estimate of drug-likeness (QED) is 0.812. The number of hydrogen-bond acceptors (Lipinski definition) is 4. The third kappa shape index (κ3) is 4.84. The molecule has 146 valence electrons. The third-order valence-electron chi connectivity index (χ3n) is 3.92. The van der Waals surface area contributed by atoms with Gasteiger partial charge in [-0.1, -0.05) is 6.07 Å². The van der Waals surface area contributed by atoms with Crippen LogP contribution in [0.2, 0.25) is 0 Å². The van der Waals surface area contributed by atoms with Gasteiger partial charge in [0.15, 0.2) is 11.5 Å². The molecule has 0 fully saturated rings. The highest BCUT2D eigenvalue weighted by Crippen LogP contribution is 2.38. The summed E-state index contributed by atoms with van der Waals surface area (Å²) in [6.45, 7) is 1.37. The van der Waals surface area contributed by atoms with E-state index in [-0.39, 0.29) is 17.7 Å². The Kier molecular flexibility index (Phi) is 6.20. The minimum Gasteiger partial charge on any atom is -0.493 e. The predicted molar refractivity (Wildman–Crippen MR) is 94.6 cm³/mol. The van der Waals surface area contributed by atoms with E-state index < -0.39 is 17.6 Å². The molecular weight excluding hydrogens is 363 g/mol. The van der Waals surface area contributed by atoms with Crippen molar-refractivity contribution in [2.45, 2.75) is 19.5 Å². The van der Waals surface area contributed by atoms with Crippen LogP contribution in [0.25, 0.3) is 0 Å². The van der Waals surface area contributed by atoms with E-state index in [2.05, 4.69) is 5.32 Å². The molecule has 1 amide bonds. The van der Waals surface area contributed by atoms with E-state index >= 15 is 0 Å². The van der Waals surface area contributed by atoms with Gasteiger partial charge in [0.05, 0.1) is 33.3 Å². The average Bonchev–Trinajstić information content (AvgIpc) is 2.61. The number of nitrogens with one attached hydrogen (secondary N) is 1. The molecule has 8 heteroatoms. The topological polar surface area (TPSA) is 56.8 Å². The molecule has 0 aliphatic heterocycles. The zero-order valence-electron chi connectivity index (χ0n) is 15.4. The van der Waals surface area contributed by atoms with Crippen molar-refractivity contribution in [3.8, 4) is 17.2 Å². The monoisotopic (exact) mass is 383 g/mol. The highest BCUT2D eigenvalue weighted by molar-refractivity contribution is 5.92. The molecular formula is C19H20F3NO4. The number of aryl methyl sites for hydroxylation is 1. The van der Waals surface area contributed by atoms with Crippen molar-refractivity contribution in [3.05, 3.63) is 47.0 Å². The summed E-state index contributed by atoms with van der Waals surface area (Å²) in [5.74, 6) is 0.683. The summed E-state index contributed by atoms with van der Waals surface area (Å²) in [6.07, 6.45) is -4.56. The Balaban J connectivity index is 2.21. The molecule has 0 atom stereocenters. The van der Waals surface area contributed by atoms with E-state index in [0.717, 1.165) is 6.07 Å². The predicted octanol–water partition coefficient (Wildman–Crippen LogP) is 4.22. The van der Waals surface area contributed by atoms with Crippen molar-refractivity contribution < 1.29 is 32.2 Å². The lowest BCUT2D eigenvalue weighted by Gasteiger charge is -2.15. The first-order valence-corrected chi connectivity index (χ1v) is 7.96. The zero-order valence-corrected chi connectivity index (χ0v) is 15.4. The molecule has 5 nitrogen and oxygen atoms in total. The Bertz CT molecular complexity index is 809. The minimum absolute atomic E-state index is 0.0744. The number of ether oxygens (including phenoxy) is 3. The van der Waals surface area contributed by atoms with Gasteiger partial charge in [-0.3, -0.25) is 4.79 Å². The first-order chi connectivity index (χ1) is 12.7. The number of benzene rings is 2. The average molecular weight is 383 g/mol. The summed E-state index contributed by atoms with van der Waals surface area (Å²) in [6, 6.07) is 6.88. The van der Waals surface area contributed by atoms with E-state index in [1.54, 1.807) is 12.1 Å². The van der Waals surface area contributed by atoms with Gasteiger partial charge in [-0.15, -0.1) is 0 Å². The molecule has 0 saturated carbocycles. The fraction of sp³-hybridized carbons (Fsp3) is 0.316. The van der Waals surface area contributed by atoms with Gasteiger partial charge in [0.1, 0.15) is 0 Å². The van der Waals surface area contributed by atoms with Crippen LogP contribution in [0.4, 0.5) is 18.9 Å². The smallest absolute Gasteiger partial charge is 0.416 e. The summed E-state index contributed by atoms with van der Waals surface area (Å²) < 4.78 is 54.7. The summed E-state index contributed by atoms with van der Waals surface area (Å²) in [5, 5.41) is 2.48. The van der Waals surface area contributed by atoms with Crippen molar-refractivity contribution >= 4 is 11.6 Å². The molecule has 0 unspecified atom stereocenters. The fourth-order valence-electron chi connectivity index (χ4n) is 2.63. The number of rotatable bonds is 6. The Hall–Kier alpha value is -2.90.